The van der Waals surface area contributed by atoms with E-state index in [1.165, 1.54) is 10.9 Å². The van der Waals surface area contributed by atoms with Gasteiger partial charge in [-0.25, -0.2) is 9.13 Å². The van der Waals surface area contributed by atoms with Gasteiger partial charge >= 0.3 is 0 Å². The van der Waals surface area contributed by atoms with Crippen molar-refractivity contribution in [2.45, 2.75) is 26.9 Å². The second-order valence-corrected chi connectivity index (χ2v) is 7.28. The highest BCUT2D eigenvalue weighted by molar-refractivity contribution is 8.03. The molecule has 0 spiro atoms. The van der Waals surface area contributed by atoms with Gasteiger partial charge in [-0.15, -0.1) is 11.8 Å². The first-order chi connectivity index (χ1) is 10.6. The number of aryl methyl sites for hydroxylation is 2. The van der Waals surface area contributed by atoms with Crippen molar-refractivity contribution in [3.05, 3.63) is 33.0 Å². The van der Waals surface area contributed by atoms with Gasteiger partial charge in [-0.2, -0.15) is 0 Å². The van der Waals surface area contributed by atoms with Crippen LogP contribution < -0.4 is 4.57 Å². The molecule has 1 aliphatic rings. The van der Waals surface area contributed by atoms with Gasteiger partial charge in [0.25, 0.3) is 5.82 Å². The Bertz CT molecular complexity index is 705. The number of nitrogens with zero attached hydrogens (tertiary/aromatic N) is 3. The Labute approximate surface area is 145 Å². The zero-order chi connectivity index (χ0) is 15.9. The molecule has 1 aromatic carbocycles. The second kappa shape index (κ2) is 6.34. The van der Waals surface area contributed by atoms with Gasteiger partial charge in [-0.05, 0) is 13.8 Å². The van der Waals surface area contributed by atoms with Crippen LogP contribution in [0.15, 0.2) is 17.2 Å². The lowest BCUT2D eigenvalue weighted by molar-refractivity contribution is -0.670. The molecule has 22 heavy (non-hydrogen) atoms. The summed E-state index contributed by atoms with van der Waals surface area (Å²) < 4.78 is 4.61. The number of hydrogen-bond donors (Lipinski definition) is 0. The molecule has 0 amide bonds. The van der Waals surface area contributed by atoms with Gasteiger partial charge in [0.1, 0.15) is 0 Å². The Kier molecular flexibility index (Phi) is 4.62. The first-order valence-corrected chi connectivity index (χ1v) is 9.27. The van der Waals surface area contributed by atoms with Crippen LogP contribution in [0.4, 0.5) is 0 Å². The van der Waals surface area contributed by atoms with Crippen molar-refractivity contribution in [3.63, 3.8) is 0 Å². The minimum Gasteiger partial charge on any atom is -0.368 e. The predicted octanol–water partition coefficient (Wildman–Crippen LogP) is 4.25. The largest absolute Gasteiger partial charge is 0.368 e. The Morgan fingerprint density at radius 2 is 2.00 bits per heavy atom. The van der Waals surface area contributed by atoms with Gasteiger partial charge < -0.3 is 4.90 Å². The maximum atomic E-state index is 6.23. The SMILES string of the molecule is CCn1c(C=C2SCCN2C)[n+](CC)c2cc(Cl)c(Cl)cc21. The number of fused-ring (bicyclic) bond motifs is 1. The average molecular weight is 357 g/mol. The van der Waals surface area contributed by atoms with Crippen LogP contribution in [-0.4, -0.2) is 28.8 Å². The average Bonchev–Trinajstić information content (AvgIpc) is 3.01. The number of rotatable bonds is 3. The molecule has 1 aromatic heterocycles. The molecular formula is C16H20Cl2N3S+. The van der Waals surface area contributed by atoms with Crippen LogP contribution in [0.1, 0.15) is 19.7 Å². The summed E-state index contributed by atoms with van der Waals surface area (Å²) in [4.78, 5) is 2.31. The number of hydrogen-bond acceptors (Lipinski definition) is 2. The van der Waals surface area contributed by atoms with E-state index in [1.54, 1.807) is 0 Å². The molecule has 0 aliphatic carbocycles. The summed E-state index contributed by atoms with van der Waals surface area (Å²) >= 11 is 14.4. The highest BCUT2D eigenvalue weighted by Crippen LogP contribution is 2.31. The summed E-state index contributed by atoms with van der Waals surface area (Å²) in [6.07, 6.45) is 2.28. The van der Waals surface area contributed by atoms with E-state index in [9.17, 15) is 0 Å². The van der Waals surface area contributed by atoms with Crippen LogP contribution in [0.2, 0.25) is 10.0 Å². The quantitative estimate of drug-likeness (QED) is 0.761. The van der Waals surface area contributed by atoms with Gasteiger partial charge in [-0.3, -0.25) is 0 Å². The van der Waals surface area contributed by atoms with E-state index >= 15 is 0 Å². The van der Waals surface area contributed by atoms with Gasteiger partial charge in [0.15, 0.2) is 11.0 Å². The minimum atomic E-state index is 0.608. The fraction of sp³-hybridized carbons (Fsp3) is 0.438. The van der Waals surface area contributed by atoms with E-state index in [1.807, 2.05) is 23.9 Å². The molecule has 1 saturated heterocycles. The molecule has 0 N–H and O–H groups in total. The van der Waals surface area contributed by atoms with E-state index in [2.05, 4.69) is 41.0 Å². The molecule has 6 heteroatoms. The molecule has 1 aliphatic heterocycles. The molecule has 3 rings (SSSR count). The first-order valence-electron chi connectivity index (χ1n) is 7.53. The van der Waals surface area contributed by atoms with Gasteiger partial charge in [0.05, 0.1) is 34.2 Å². The summed E-state index contributed by atoms with van der Waals surface area (Å²) in [5.41, 5.74) is 2.27. The van der Waals surface area contributed by atoms with Gasteiger partial charge in [-0.1, -0.05) is 23.2 Å². The van der Waals surface area contributed by atoms with Crippen molar-refractivity contribution in [3.8, 4) is 0 Å². The summed E-state index contributed by atoms with van der Waals surface area (Å²) in [5, 5.41) is 2.53. The molecule has 0 atom stereocenters. The van der Waals surface area contributed by atoms with Crippen LogP contribution in [0, 0.1) is 0 Å². The normalized spacial score (nSPS) is 17.1. The first kappa shape index (κ1) is 16.0. The molecule has 118 valence electrons. The lowest BCUT2D eigenvalue weighted by Crippen LogP contribution is -2.35. The number of thioether (sulfide) groups is 1. The van der Waals surface area contributed by atoms with Crippen LogP contribution in [0.3, 0.4) is 0 Å². The Morgan fingerprint density at radius 3 is 2.59 bits per heavy atom. The molecule has 0 saturated carbocycles. The molecule has 3 nitrogen and oxygen atoms in total. The number of benzene rings is 1. The third-order valence-corrected chi connectivity index (χ3v) is 5.92. The van der Waals surface area contributed by atoms with Crippen molar-refractivity contribution in [2.24, 2.45) is 0 Å². The molecule has 2 aromatic rings. The summed E-state index contributed by atoms with van der Waals surface area (Å²) in [5.74, 6) is 2.35. The Balaban J connectivity index is 2.28. The van der Waals surface area contributed by atoms with Crippen molar-refractivity contribution in [1.82, 2.24) is 9.47 Å². The topological polar surface area (TPSA) is 12.1 Å². The predicted molar refractivity (Wildman–Crippen MR) is 96.6 cm³/mol. The molecular weight excluding hydrogens is 337 g/mol. The standard InChI is InChI=1S/C16H20Cl2N3S/c1-4-20-13-8-11(17)12(18)9-14(13)21(5-2)15(20)10-16-19(3)6-7-22-16/h8-10H,4-7H2,1-3H3/q+1. The fourth-order valence-electron chi connectivity index (χ4n) is 2.94. The van der Waals surface area contributed by atoms with Gasteiger partial charge in [0, 0.05) is 31.5 Å². The fourth-order valence-corrected chi connectivity index (χ4v) is 4.33. The number of halogens is 2. The Morgan fingerprint density at radius 1 is 1.27 bits per heavy atom. The summed E-state index contributed by atoms with van der Waals surface area (Å²) in [7, 11) is 2.15. The summed E-state index contributed by atoms with van der Waals surface area (Å²) in [6, 6.07) is 3.95. The van der Waals surface area contributed by atoms with Crippen LogP contribution in [-0.2, 0) is 13.1 Å². The monoisotopic (exact) mass is 356 g/mol. The van der Waals surface area contributed by atoms with E-state index in [0.29, 0.717) is 10.0 Å². The second-order valence-electron chi connectivity index (χ2n) is 5.35. The Hall–Kier alpha value is -0.840. The van der Waals surface area contributed by atoms with Crippen molar-refractivity contribution in [1.29, 1.82) is 0 Å². The third-order valence-electron chi connectivity index (χ3n) is 4.09. The van der Waals surface area contributed by atoms with E-state index < -0.39 is 0 Å². The molecule has 0 unspecified atom stereocenters. The van der Waals surface area contributed by atoms with Crippen LogP contribution in [0.5, 0.6) is 0 Å². The molecule has 2 heterocycles. The highest BCUT2D eigenvalue weighted by atomic mass is 35.5. The minimum absolute atomic E-state index is 0.608. The molecule has 1 fully saturated rings. The van der Waals surface area contributed by atoms with Crippen LogP contribution >= 0.6 is 35.0 Å². The molecule has 0 bridgehead atoms. The van der Waals surface area contributed by atoms with Crippen LogP contribution in [0.25, 0.3) is 17.1 Å². The lowest BCUT2D eigenvalue weighted by atomic mass is 10.3. The van der Waals surface area contributed by atoms with E-state index in [0.717, 1.165) is 36.4 Å². The maximum absolute atomic E-state index is 6.23. The van der Waals surface area contributed by atoms with E-state index in [4.69, 9.17) is 23.2 Å². The van der Waals surface area contributed by atoms with E-state index in [-0.39, 0.29) is 0 Å². The number of imidazole rings is 1. The third kappa shape index (κ3) is 2.61. The van der Waals surface area contributed by atoms with Gasteiger partial charge in [0.2, 0.25) is 0 Å². The lowest BCUT2D eigenvalue weighted by Gasteiger charge is -2.10. The number of aromatic nitrogens is 2. The maximum Gasteiger partial charge on any atom is 0.285 e. The molecule has 0 radical (unpaired) electrons. The zero-order valence-corrected chi connectivity index (χ0v) is 15.4. The highest BCUT2D eigenvalue weighted by Gasteiger charge is 2.25. The van der Waals surface area contributed by atoms with Crippen molar-refractivity contribution in [2.75, 3.05) is 19.3 Å². The van der Waals surface area contributed by atoms with Crippen molar-refractivity contribution >= 4 is 52.1 Å². The van der Waals surface area contributed by atoms with Crippen molar-refractivity contribution < 1.29 is 4.57 Å². The summed E-state index contributed by atoms with van der Waals surface area (Å²) in [6.45, 7) is 7.22. The smallest absolute Gasteiger partial charge is 0.285 e. The zero-order valence-electron chi connectivity index (χ0n) is 13.1.